The van der Waals surface area contributed by atoms with E-state index < -0.39 is 30.3 Å². The van der Waals surface area contributed by atoms with Crippen LogP contribution < -0.4 is 14.8 Å². The number of methoxy groups -OCH3 is 1. The van der Waals surface area contributed by atoms with Crippen molar-refractivity contribution in [1.29, 1.82) is 0 Å². The molecule has 0 aromatic heterocycles. The number of hydrogen-bond donors (Lipinski definition) is 2. The van der Waals surface area contributed by atoms with Gasteiger partial charge in [-0.3, -0.25) is 9.59 Å². The Hall–Kier alpha value is -3.56. The first kappa shape index (κ1) is 32.5. The second-order valence-corrected chi connectivity index (χ2v) is 10.1. The number of carboxylic acids is 1. The van der Waals surface area contributed by atoms with E-state index in [1.165, 1.54) is 31.0 Å². The zero-order chi connectivity index (χ0) is 29.0. The minimum atomic E-state index is -1.34. The van der Waals surface area contributed by atoms with E-state index in [0.29, 0.717) is 24.0 Å². The molecule has 2 N–H and O–H groups in total. The van der Waals surface area contributed by atoms with Gasteiger partial charge in [-0.1, -0.05) is 33.8 Å². The molecule has 0 bridgehead atoms. The number of carbonyl (C=O) groups is 4. The van der Waals surface area contributed by atoms with Crippen molar-refractivity contribution in [2.75, 3.05) is 40.8 Å². The van der Waals surface area contributed by atoms with Gasteiger partial charge in [-0.05, 0) is 48.8 Å². The Balaban J connectivity index is 2.72. The molecule has 0 unspecified atom stereocenters. The fourth-order valence-corrected chi connectivity index (χ4v) is 3.47. The summed E-state index contributed by atoms with van der Waals surface area (Å²) >= 11 is 0. The summed E-state index contributed by atoms with van der Waals surface area (Å²) in [4.78, 5) is 51.5. The van der Waals surface area contributed by atoms with E-state index in [1.807, 2.05) is 19.1 Å². The van der Waals surface area contributed by atoms with Crippen LogP contribution >= 0.6 is 0 Å². The highest BCUT2D eigenvalue weighted by Gasteiger charge is 2.20. The van der Waals surface area contributed by atoms with Gasteiger partial charge in [0, 0.05) is 39.8 Å². The molecule has 38 heavy (non-hydrogen) atoms. The van der Waals surface area contributed by atoms with Gasteiger partial charge >= 0.3 is 12.1 Å². The van der Waals surface area contributed by atoms with Crippen LogP contribution in [0.25, 0.3) is 0 Å². The van der Waals surface area contributed by atoms with Crippen LogP contribution in [0.5, 0.6) is 11.5 Å². The molecule has 3 amide bonds. The standard InChI is InChI=1S/C28H43N3O7/c1-18(2)10-9-11-29-24(32)16-22(27(34)35)17-25(33)30(6)12-13-31(7)28(36)38-26-20(5)14-21(19(3)4)15-23(26)37-8/h14-15,17-19H,9-13,16H2,1-8H3,(H,29,32)(H,34,35)/b22-17-. The number of carboxylic acid groups (broad SMARTS) is 1. The lowest BCUT2D eigenvalue weighted by molar-refractivity contribution is -0.134. The Kier molecular flexibility index (Phi) is 13.4. The maximum atomic E-state index is 12.7. The van der Waals surface area contributed by atoms with Crippen LogP contribution in [-0.4, -0.2) is 79.6 Å². The third kappa shape index (κ3) is 10.8. The molecule has 1 rings (SSSR count). The molecule has 0 aliphatic heterocycles. The Morgan fingerprint density at radius 1 is 1.05 bits per heavy atom. The Labute approximate surface area is 226 Å². The molecule has 0 fully saturated rings. The number of aryl methyl sites for hydroxylation is 1. The predicted octanol–water partition coefficient (Wildman–Crippen LogP) is 3.97. The summed E-state index contributed by atoms with van der Waals surface area (Å²) in [5.74, 6) is -0.794. The van der Waals surface area contributed by atoms with E-state index in [0.717, 1.165) is 30.0 Å². The maximum absolute atomic E-state index is 12.7. The van der Waals surface area contributed by atoms with Crippen molar-refractivity contribution in [3.8, 4) is 11.5 Å². The lowest BCUT2D eigenvalue weighted by Crippen LogP contribution is -2.38. The first-order chi connectivity index (χ1) is 17.8. The lowest BCUT2D eigenvalue weighted by Gasteiger charge is -2.22. The molecule has 0 saturated heterocycles. The fraction of sp³-hybridized carbons (Fsp3) is 0.571. The van der Waals surface area contributed by atoms with E-state index in [4.69, 9.17) is 9.47 Å². The van der Waals surface area contributed by atoms with Gasteiger partial charge in [0.1, 0.15) is 0 Å². The minimum Gasteiger partial charge on any atom is -0.493 e. The molecule has 212 valence electrons. The molecule has 1 aromatic rings. The van der Waals surface area contributed by atoms with Crippen LogP contribution in [0.1, 0.15) is 64.0 Å². The summed E-state index contributed by atoms with van der Waals surface area (Å²) in [7, 11) is 4.53. The van der Waals surface area contributed by atoms with Crippen LogP contribution in [0.2, 0.25) is 0 Å². The first-order valence-corrected chi connectivity index (χ1v) is 12.8. The number of likely N-dealkylation sites (N-methyl/N-ethyl adjacent to an activating group) is 2. The number of nitrogens with one attached hydrogen (secondary N) is 1. The molecule has 10 heteroatoms. The number of amides is 3. The van der Waals surface area contributed by atoms with E-state index in [2.05, 4.69) is 33.0 Å². The number of hydrogen-bond acceptors (Lipinski definition) is 6. The molecule has 0 aliphatic carbocycles. The van der Waals surface area contributed by atoms with E-state index in [9.17, 15) is 24.3 Å². The van der Waals surface area contributed by atoms with E-state index >= 15 is 0 Å². The monoisotopic (exact) mass is 533 g/mol. The van der Waals surface area contributed by atoms with Gasteiger partial charge in [0.25, 0.3) is 0 Å². The van der Waals surface area contributed by atoms with Crippen molar-refractivity contribution >= 4 is 23.9 Å². The van der Waals surface area contributed by atoms with Crippen molar-refractivity contribution in [3.63, 3.8) is 0 Å². The highest BCUT2D eigenvalue weighted by Crippen LogP contribution is 2.35. The number of nitrogens with zero attached hydrogens (tertiary/aromatic N) is 2. The molecule has 0 spiro atoms. The Morgan fingerprint density at radius 2 is 1.68 bits per heavy atom. The van der Waals surface area contributed by atoms with Crippen molar-refractivity contribution in [3.05, 3.63) is 34.9 Å². The highest BCUT2D eigenvalue weighted by molar-refractivity contribution is 6.01. The topological polar surface area (TPSA) is 125 Å². The van der Waals surface area contributed by atoms with Crippen molar-refractivity contribution < 1.29 is 33.8 Å². The van der Waals surface area contributed by atoms with Crippen LogP contribution in [-0.2, 0) is 14.4 Å². The Morgan fingerprint density at radius 3 is 2.24 bits per heavy atom. The summed E-state index contributed by atoms with van der Waals surface area (Å²) in [6.45, 7) is 10.8. The molecule has 0 radical (unpaired) electrons. The van der Waals surface area contributed by atoms with Crippen LogP contribution in [0.15, 0.2) is 23.8 Å². The van der Waals surface area contributed by atoms with Crippen LogP contribution in [0.3, 0.4) is 0 Å². The van der Waals surface area contributed by atoms with Gasteiger partial charge in [0.05, 0.1) is 19.1 Å². The summed E-state index contributed by atoms with van der Waals surface area (Å²) in [6, 6.07) is 3.78. The fourth-order valence-electron chi connectivity index (χ4n) is 3.47. The normalized spacial score (nSPS) is 11.4. The SMILES string of the molecule is COc1cc(C(C)C)cc(C)c1OC(=O)N(C)CCN(C)C(=O)/C=C(/CC(=O)NCCCC(C)C)C(=O)O. The van der Waals surface area contributed by atoms with Gasteiger partial charge in [-0.15, -0.1) is 0 Å². The number of aliphatic carboxylic acids is 1. The molecular weight excluding hydrogens is 490 g/mol. The summed E-state index contributed by atoms with van der Waals surface area (Å²) in [6.07, 6.45) is 1.66. The average Bonchev–Trinajstić information content (AvgIpc) is 2.84. The highest BCUT2D eigenvalue weighted by atomic mass is 16.6. The third-order valence-corrected chi connectivity index (χ3v) is 6.00. The first-order valence-electron chi connectivity index (χ1n) is 12.8. The zero-order valence-corrected chi connectivity index (χ0v) is 23.9. The number of carbonyl (C=O) groups excluding carboxylic acids is 3. The second-order valence-electron chi connectivity index (χ2n) is 10.1. The van der Waals surface area contributed by atoms with E-state index in [1.54, 1.807) is 0 Å². The molecular formula is C28H43N3O7. The van der Waals surface area contributed by atoms with Crippen LogP contribution in [0, 0.1) is 12.8 Å². The zero-order valence-electron chi connectivity index (χ0n) is 23.9. The molecule has 0 atom stereocenters. The van der Waals surface area contributed by atoms with Gasteiger partial charge in [-0.2, -0.15) is 0 Å². The predicted molar refractivity (Wildman–Crippen MR) is 146 cm³/mol. The summed E-state index contributed by atoms with van der Waals surface area (Å²) < 4.78 is 11.0. The van der Waals surface area contributed by atoms with Crippen molar-refractivity contribution in [2.45, 2.75) is 59.8 Å². The number of benzene rings is 1. The largest absolute Gasteiger partial charge is 0.493 e. The summed E-state index contributed by atoms with van der Waals surface area (Å²) in [5.41, 5.74) is 1.52. The van der Waals surface area contributed by atoms with Crippen molar-refractivity contribution in [2.24, 2.45) is 5.92 Å². The maximum Gasteiger partial charge on any atom is 0.415 e. The van der Waals surface area contributed by atoms with Gasteiger partial charge in [0.2, 0.25) is 11.8 Å². The third-order valence-electron chi connectivity index (χ3n) is 6.00. The smallest absolute Gasteiger partial charge is 0.415 e. The quantitative estimate of drug-likeness (QED) is 0.274. The van der Waals surface area contributed by atoms with Gasteiger partial charge in [0.15, 0.2) is 11.5 Å². The average molecular weight is 534 g/mol. The summed E-state index contributed by atoms with van der Waals surface area (Å²) in [5, 5.41) is 12.1. The van der Waals surface area contributed by atoms with Crippen LogP contribution in [0.4, 0.5) is 4.79 Å². The molecule has 10 nitrogen and oxygen atoms in total. The number of rotatable bonds is 14. The van der Waals surface area contributed by atoms with Gasteiger partial charge < -0.3 is 29.7 Å². The molecule has 1 aromatic carbocycles. The molecule has 0 saturated carbocycles. The second kappa shape index (κ2) is 15.6. The minimum absolute atomic E-state index is 0.123. The van der Waals surface area contributed by atoms with Gasteiger partial charge in [-0.25, -0.2) is 9.59 Å². The lowest BCUT2D eigenvalue weighted by atomic mass is 10.00. The molecule has 0 heterocycles. The Bertz CT molecular complexity index is 1020. The van der Waals surface area contributed by atoms with Crippen molar-refractivity contribution in [1.82, 2.24) is 15.1 Å². The van der Waals surface area contributed by atoms with E-state index in [-0.39, 0.29) is 24.6 Å². The molecule has 0 aliphatic rings. The number of ether oxygens (including phenoxy) is 2.